The zero-order chi connectivity index (χ0) is 32.3. The summed E-state index contributed by atoms with van der Waals surface area (Å²) in [4.78, 5) is 28.3. The molecule has 1 aliphatic heterocycles. The highest BCUT2D eigenvalue weighted by Crippen LogP contribution is 2.36. The molecule has 232 valence electrons. The van der Waals surface area contributed by atoms with Gasteiger partial charge in [0.2, 0.25) is 10.0 Å². The van der Waals surface area contributed by atoms with E-state index >= 15 is 0 Å². The number of furan rings is 1. The fourth-order valence-corrected chi connectivity index (χ4v) is 6.72. The number of rotatable bonds is 10. The molecule has 11 heteroatoms. The van der Waals surface area contributed by atoms with Crippen molar-refractivity contribution >= 4 is 61.2 Å². The summed E-state index contributed by atoms with van der Waals surface area (Å²) >= 11 is 9.42. The molecule has 0 N–H and O–H groups in total. The lowest BCUT2D eigenvalue weighted by molar-refractivity contribution is -0.138. The van der Waals surface area contributed by atoms with E-state index in [-0.39, 0.29) is 41.5 Å². The molecule has 3 aromatic carbocycles. The lowest BCUT2D eigenvalue weighted by Gasteiger charge is -2.21. The van der Waals surface area contributed by atoms with Crippen LogP contribution in [0.3, 0.4) is 0 Å². The molecule has 0 bridgehead atoms. The van der Waals surface area contributed by atoms with Crippen molar-refractivity contribution in [2.45, 2.75) is 38.8 Å². The summed E-state index contributed by atoms with van der Waals surface area (Å²) in [5.41, 5.74) is 3.12. The molecule has 1 aromatic heterocycles. The van der Waals surface area contributed by atoms with E-state index in [0.717, 1.165) is 15.6 Å². The van der Waals surface area contributed by atoms with E-state index in [9.17, 15) is 18.0 Å². The molecule has 1 aliphatic rings. The first-order valence-corrected chi connectivity index (χ1v) is 16.7. The zero-order valence-corrected chi connectivity index (χ0v) is 27.9. The highest BCUT2D eigenvalue weighted by molar-refractivity contribution is 9.10. The van der Waals surface area contributed by atoms with Crippen molar-refractivity contribution in [3.05, 3.63) is 134 Å². The number of amides is 1. The summed E-state index contributed by atoms with van der Waals surface area (Å²) in [6.07, 6.45) is 1.48. The van der Waals surface area contributed by atoms with Crippen LogP contribution in [-0.4, -0.2) is 31.2 Å². The van der Waals surface area contributed by atoms with Crippen LogP contribution in [0.4, 0.5) is 5.69 Å². The number of sulfonamides is 1. The third-order valence-corrected chi connectivity index (χ3v) is 9.78. The third kappa shape index (κ3) is 7.15. The lowest BCUT2D eigenvalue weighted by Crippen LogP contribution is -2.30. The lowest BCUT2D eigenvalue weighted by atomic mass is 10.1. The van der Waals surface area contributed by atoms with Gasteiger partial charge in [0.05, 0.1) is 29.2 Å². The van der Waals surface area contributed by atoms with Crippen molar-refractivity contribution in [3.63, 3.8) is 0 Å². The van der Waals surface area contributed by atoms with E-state index < -0.39 is 21.9 Å². The smallest absolute Gasteiger partial charge is 0.340 e. The van der Waals surface area contributed by atoms with Gasteiger partial charge in [-0.2, -0.15) is 4.31 Å². The van der Waals surface area contributed by atoms with E-state index in [1.165, 1.54) is 39.5 Å². The van der Waals surface area contributed by atoms with Gasteiger partial charge in [-0.25, -0.2) is 13.2 Å². The number of aryl methyl sites for hydroxylation is 1. The Balaban J connectivity index is 1.48. The molecule has 5 rings (SSSR count). The van der Waals surface area contributed by atoms with Crippen molar-refractivity contribution in [3.8, 4) is 0 Å². The fourth-order valence-electron chi connectivity index (χ4n) is 4.93. The number of allylic oxidation sites excluding steroid dienone is 1. The Labute approximate surface area is 275 Å². The van der Waals surface area contributed by atoms with Gasteiger partial charge >= 0.3 is 5.97 Å². The largest absolute Gasteiger partial charge is 0.462 e. The first kappa shape index (κ1) is 32.4. The number of halogens is 2. The topological polar surface area (TPSA) is 97.1 Å². The molecule has 2 heterocycles. The number of carbonyl (C=O) groups excluding carboxylic acids is 2. The molecule has 0 saturated heterocycles. The van der Waals surface area contributed by atoms with Gasteiger partial charge in [0.1, 0.15) is 11.5 Å². The SMILES string of the molecule is CCOC(=O)C1=C(C)N(c2ccc(Br)cc2)C(=O)/C1=C/c1ccc(CN(Cc2ccc(C)cc2)S(=O)(=O)c2ccc(Cl)cc2)o1. The van der Waals surface area contributed by atoms with Gasteiger partial charge in [-0.15, -0.1) is 0 Å². The second-order valence-corrected chi connectivity index (χ2v) is 13.7. The minimum Gasteiger partial charge on any atom is -0.462 e. The molecular formula is C34H30BrClN2O6S. The number of ether oxygens (including phenoxy) is 1. The zero-order valence-electron chi connectivity index (χ0n) is 24.8. The quantitative estimate of drug-likeness (QED) is 0.124. The Morgan fingerprint density at radius 2 is 1.62 bits per heavy atom. The number of carbonyl (C=O) groups is 2. The molecule has 45 heavy (non-hydrogen) atoms. The van der Waals surface area contributed by atoms with Crippen molar-refractivity contribution in [1.29, 1.82) is 0 Å². The van der Waals surface area contributed by atoms with Crippen LogP contribution in [0, 0.1) is 6.92 Å². The summed E-state index contributed by atoms with van der Waals surface area (Å²) < 4.78 is 41.1. The van der Waals surface area contributed by atoms with Gasteiger partial charge in [0, 0.05) is 27.4 Å². The van der Waals surface area contributed by atoms with Crippen LogP contribution in [0.5, 0.6) is 0 Å². The molecule has 0 atom stereocenters. The van der Waals surface area contributed by atoms with E-state index in [2.05, 4.69) is 15.9 Å². The minimum atomic E-state index is -3.95. The summed E-state index contributed by atoms with van der Waals surface area (Å²) in [5.74, 6) is -0.415. The second-order valence-electron chi connectivity index (χ2n) is 10.4. The molecule has 0 unspecified atom stereocenters. The normalized spacial score (nSPS) is 14.6. The Kier molecular flexibility index (Phi) is 9.79. The highest BCUT2D eigenvalue weighted by Gasteiger charge is 2.38. The van der Waals surface area contributed by atoms with Crippen LogP contribution >= 0.6 is 27.5 Å². The van der Waals surface area contributed by atoms with Crippen LogP contribution in [0.25, 0.3) is 6.08 Å². The van der Waals surface area contributed by atoms with Crippen LogP contribution in [0.15, 0.2) is 116 Å². The first-order valence-electron chi connectivity index (χ1n) is 14.1. The molecule has 8 nitrogen and oxygen atoms in total. The first-order chi connectivity index (χ1) is 21.5. The third-order valence-electron chi connectivity index (χ3n) is 7.20. The Hall–Kier alpha value is -3.96. The maximum absolute atomic E-state index is 13.8. The molecule has 1 amide bonds. The number of hydrogen-bond donors (Lipinski definition) is 0. The van der Waals surface area contributed by atoms with Crippen LogP contribution < -0.4 is 4.90 Å². The summed E-state index contributed by atoms with van der Waals surface area (Å²) in [6, 6.07) is 24.0. The van der Waals surface area contributed by atoms with Crippen LogP contribution in [-0.2, 0) is 37.4 Å². The van der Waals surface area contributed by atoms with E-state index in [0.29, 0.717) is 22.2 Å². The number of esters is 1. The van der Waals surface area contributed by atoms with E-state index in [1.54, 1.807) is 50.2 Å². The predicted octanol–water partition coefficient (Wildman–Crippen LogP) is 7.66. The van der Waals surface area contributed by atoms with Crippen molar-refractivity contribution < 1.29 is 27.2 Å². The van der Waals surface area contributed by atoms with Crippen LogP contribution in [0.1, 0.15) is 36.5 Å². The Bertz CT molecular complexity index is 1900. The molecule has 0 radical (unpaired) electrons. The molecule has 0 spiro atoms. The highest BCUT2D eigenvalue weighted by atomic mass is 79.9. The van der Waals surface area contributed by atoms with Gasteiger partial charge in [0.15, 0.2) is 0 Å². The fraction of sp³-hybridized carbons (Fsp3) is 0.176. The van der Waals surface area contributed by atoms with E-state index in [4.69, 9.17) is 20.8 Å². The molecular weight excluding hydrogens is 680 g/mol. The second kappa shape index (κ2) is 13.6. The summed E-state index contributed by atoms with van der Waals surface area (Å²) in [5, 5.41) is 0.425. The van der Waals surface area contributed by atoms with Gasteiger partial charge in [-0.05, 0) is 93.1 Å². The van der Waals surface area contributed by atoms with Gasteiger partial charge < -0.3 is 9.15 Å². The summed E-state index contributed by atoms with van der Waals surface area (Å²) in [7, 11) is -3.95. The maximum atomic E-state index is 13.8. The molecule has 4 aromatic rings. The average Bonchev–Trinajstić information content (AvgIpc) is 3.55. The average molecular weight is 710 g/mol. The number of nitrogens with zero attached hydrogens (tertiary/aromatic N) is 2. The van der Waals surface area contributed by atoms with Crippen molar-refractivity contribution in [2.24, 2.45) is 0 Å². The Morgan fingerprint density at radius 3 is 2.27 bits per heavy atom. The molecule has 0 aliphatic carbocycles. The number of benzene rings is 3. The van der Waals surface area contributed by atoms with Gasteiger partial charge in [-0.1, -0.05) is 57.4 Å². The number of hydrogen-bond acceptors (Lipinski definition) is 6. The predicted molar refractivity (Wildman–Crippen MR) is 177 cm³/mol. The monoisotopic (exact) mass is 708 g/mol. The maximum Gasteiger partial charge on any atom is 0.340 e. The summed E-state index contributed by atoms with van der Waals surface area (Å²) in [6.45, 7) is 5.49. The van der Waals surface area contributed by atoms with Crippen LogP contribution in [0.2, 0.25) is 5.02 Å². The van der Waals surface area contributed by atoms with Gasteiger partial charge in [0.25, 0.3) is 5.91 Å². The van der Waals surface area contributed by atoms with E-state index in [1.807, 2.05) is 31.2 Å². The standard InChI is InChI=1S/C34H30BrClN2O6S/c1-4-43-34(40)32-23(3)38(27-13-9-25(35)10-14-27)33(39)31(32)19-28-15-16-29(44-28)21-37(20-24-7-5-22(2)6-8-24)45(41,42)30-17-11-26(36)12-18-30/h5-19H,4,20-21H2,1-3H3/b31-19+. The molecule has 0 fully saturated rings. The van der Waals surface area contributed by atoms with Gasteiger partial charge in [-0.3, -0.25) is 9.69 Å². The minimum absolute atomic E-state index is 0.0828. The van der Waals surface area contributed by atoms with Crippen molar-refractivity contribution in [1.82, 2.24) is 4.31 Å². The van der Waals surface area contributed by atoms with Crippen molar-refractivity contribution in [2.75, 3.05) is 11.5 Å². The number of anilines is 1. The Morgan fingerprint density at radius 1 is 0.956 bits per heavy atom. The molecule has 0 saturated carbocycles.